The topological polar surface area (TPSA) is 51.8 Å². The van der Waals surface area contributed by atoms with E-state index in [9.17, 15) is 0 Å². The third-order valence-corrected chi connectivity index (χ3v) is 2.53. The predicted molar refractivity (Wildman–Crippen MR) is 56.7 cm³/mol. The summed E-state index contributed by atoms with van der Waals surface area (Å²) < 4.78 is 1.10. The summed E-state index contributed by atoms with van der Waals surface area (Å²) in [5.41, 5.74) is 5.67. The smallest absolute Gasteiger partial charge is 0.132 e. The number of rotatable bonds is 0. The van der Waals surface area contributed by atoms with E-state index >= 15 is 0 Å². The van der Waals surface area contributed by atoms with Crippen molar-refractivity contribution in [3.8, 4) is 0 Å². The number of pyridine rings is 2. The Balaban J connectivity index is 2.94. The van der Waals surface area contributed by atoms with Crippen molar-refractivity contribution in [2.45, 2.75) is 0 Å². The lowest BCUT2D eigenvalue weighted by atomic mass is 10.2. The molecule has 0 aliphatic heterocycles. The molecule has 2 aromatic heterocycles. The molecule has 12 heavy (non-hydrogen) atoms. The Morgan fingerprint density at radius 3 is 2.83 bits per heavy atom. The zero-order chi connectivity index (χ0) is 8.55. The largest absolute Gasteiger partial charge is 0.383 e. The fourth-order valence-electron chi connectivity index (χ4n) is 1.08. The van der Waals surface area contributed by atoms with Crippen molar-refractivity contribution in [2.24, 2.45) is 0 Å². The van der Waals surface area contributed by atoms with Gasteiger partial charge >= 0.3 is 0 Å². The van der Waals surface area contributed by atoms with Crippen LogP contribution in [-0.4, -0.2) is 9.97 Å². The number of nitrogens with zero attached hydrogens (tertiary/aromatic N) is 2. The summed E-state index contributed by atoms with van der Waals surface area (Å²) in [7, 11) is 0. The molecule has 4 heteroatoms. The van der Waals surface area contributed by atoms with Gasteiger partial charge in [0.25, 0.3) is 0 Å². The molecular weight excluding hydrogens is 265 g/mol. The van der Waals surface area contributed by atoms with Gasteiger partial charge in [0.15, 0.2) is 0 Å². The monoisotopic (exact) mass is 271 g/mol. The summed E-state index contributed by atoms with van der Waals surface area (Å²) in [5, 5.41) is 2.03. The highest BCUT2D eigenvalue weighted by Crippen LogP contribution is 2.21. The van der Waals surface area contributed by atoms with E-state index in [1.165, 1.54) is 0 Å². The fourth-order valence-corrected chi connectivity index (χ4v) is 1.71. The maximum atomic E-state index is 5.67. The molecule has 0 atom stereocenters. The second-order valence-corrected chi connectivity index (χ2v) is 3.57. The quantitative estimate of drug-likeness (QED) is 0.743. The molecule has 0 bridgehead atoms. The van der Waals surface area contributed by atoms with Crippen molar-refractivity contribution in [3.63, 3.8) is 0 Å². The lowest BCUT2D eigenvalue weighted by molar-refractivity contribution is 1.31. The van der Waals surface area contributed by atoms with Gasteiger partial charge in [-0.1, -0.05) is 0 Å². The van der Waals surface area contributed by atoms with Gasteiger partial charge in [-0.25, -0.2) is 4.98 Å². The molecule has 0 unspecified atom stereocenters. The lowest BCUT2D eigenvalue weighted by Crippen LogP contribution is -1.92. The molecule has 0 saturated heterocycles. The fraction of sp³-hybridized carbons (Fsp3) is 0. The zero-order valence-electron chi connectivity index (χ0n) is 6.16. The SMILES string of the molecule is Nc1nccc2c(I)cncc12. The van der Waals surface area contributed by atoms with Gasteiger partial charge < -0.3 is 5.73 Å². The van der Waals surface area contributed by atoms with E-state index < -0.39 is 0 Å². The molecule has 0 amide bonds. The van der Waals surface area contributed by atoms with Crippen LogP contribution in [0.5, 0.6) is 0 Å². The second kappa shape index (κ2) is 2.85. The minimum atomic E-state index is 0.540. The highest BCUT2D eigenvalue weighted by Gasteiger charge is 2.00. The molecule has 2 N–H and O–H groups in total. The average Bonchev–Trinajstić information content (AvgIpc) is 2.07. The molecule has 3 nitrogen and oxygen atoms in total. The van der Waals surface area contributed by atoms with Crippen LogP contribution in [0.1, 0.15) is 0 Å². The van der Waals surface area contributed by atoms with E-state index in [0.717, 1.165) is 14.3 Å². The van der Waals surface area contributed by atoms with E-state index in [1.807, 2.05) is 12.3 Å². The molecule has 0 aliphatic carbocycles. The summed E-state index contributed by atoms with van der Waals surface area (Å²) in [6, 6.07) is 1.94. The standard InChI is InChI=1S/C8H6IN3/c9-7-4-11-3-6-5(7)1-2-12-8(6)10/h1-4H,(H2,10,12). The minimum absolute atomic E-state index is 0.540. The molecular formula is C8H6IN3. The van der Waals surface area contributed by atoms with Crippen LogP contribution in [-0.2, 0) is 0 Å². The average molecular weight is 271 g/mol. The van der Waals surface area contributed by atoms with Crippen LogP contribution in [0.15, 0.2) is 24.7 Å². The molecule has 60 valence electrons. The maximum Gasteiger partial charge on any atom is 0.132 e. The minimum Gasteiger partial charge on any atom is -0.383 e. The van der Waals surface area contributed by atoms with E-state index in [2.05, 4.69) is 32.6 Å². The number of aromatic nitrogens is 2. The lowest BCUT2D eigenvalue weighted by Gasteiger charge is -2.00. The summed E-state index contributed by atoms with van der Waals surface area (Å²) in [6.07, 6.45) is 5.25. The summed E-state index contributed by atoms with van der Waals surface area (Å²) in [5.74, 6) is 0.540. The van der Waals surface area contributed by atoms with Gasteiger partial charge in [-0.2, -0.15) is 0 Å². The first kappa shape index (κ1) is 7.72. The third-order valence-electron chi connectivity index (χ3n) is 1.67. The summed E-state index contributed by atoms with van der Waals surface area (Å²) in [4.78, 5) is 8.03. The number of anilines is 1. The maximum absolute atomic E-state index is 5.67. The van der Waals surface area contributed by atoms with Crippen molar-refractivity contribution in [1.29, 1.82) is 0 Å². The van der Waals surface area contributed by atoms with Crippen LogP contribution in [0.3, 0.4) is 0 Å². The highest BCUT2D eigenvalue weighted by molar-refractivity contribution is 14.1. The first-order valence-corrected chi connectivity index (χ1v) is 4.50. The Morgan fingerprint density at radius 2 is 2.08 bits per heavy atom. The van der Waals surface area contributed by atoms with Crippen molar-refractivity contribution in [3.05, 3.63) is 28.2 Å². The Hall–Kier alpha value is -0.910. The van der Waals surface area contributed by atoms with Gasteiger partial charge in [-0.15, -0.1) is 0 Å². The van der Waals surface area contributed by atoms with Gasteiger partial charge in [0.05, 0.1) is 0 Å². The van der Waals surface area contributed by atoms with Crippen LogP contribution in [0.25, 0.3) is 10.8 Å². The van der Waals surface area contributed by atoms with E-state index in [0.29, 0.717) is 5.82 Å². The summed E-state index contributed by atoms with van der Waals surface area (Å²) >= 11 is 2.23. The molecule has 0 spiro atoms. The van der Waals surface area contributed by atoms with Crippen LogP contribution in [0.2, 0.25) is 0 Å². The van der Waals surface area contributed by atoms with Gasteiger partial charge in [0.1, 0.15) is 5.82 Å². The first-order chi connectivity index (χ1) is 5.79. The molecule has 2 aromatic rings. The first-order valence-electron chi connectivity index (χ1n) is 3.43. The Kier molecular flexibility index (Phi) is 1.84. The molecule has 0 aromatic carbocycles. The van der Waals surface area contributed by atoms with E-state index in [4.69, 9.17) is 5.73 Å². The van der Waals surface area contributed by atoms with Crippen molar-refractivity contribution in [1.82, 2.24) is 9.97 Å². The van der Waals surface area contributed by atoms with Crippen LogP contribution in [0.4, 0.5) is 5.82 Å². The normalized spacial score (nSPS) is 10.4. The molecule has 0 fully saturated rings. The summed E-state index contributed by atoms with van der Waals surface area (Å²) in [6.45, 7) is 0. The molecule has 0 saturated carbocycles. The third kappa shape index (κ3) is 1.12. The van der Waals surface area contributed by atoms with Crippen LogP contribution < -0.4 is 5.73 Å². The van der Waals surface area contributed by atoms with Gasteiger partial charge in [0, 0.05) is 32.9 Å². The molecule has 0 radical (unpaired) electrons. The Morgan fingerprint density at radius 1 is 1.25 bits per heavy atom. The Labute approximate surface area is 83.2 Å². The van der Waals surface area contributed by atoms with Crippen LogP contribution in [0, 0.1) is 3.57 Å². The van der Waals surface area contributed by atoms with Gasteiger partial charge in [-0.3, -0.25) is 4.98 Å². The van der Waals surface area contributed by atoms with Crippen molar-refractivity contribution < 1.29 is 0 Å². The molecule has 2 heterocycles. The molecule has 2 rings (SSSR count). The number of hydrogen-bond donors (Lipinski definition) is 1. The highest BCUT2D eigenvalue weighted by atomic mass is 127. The number of halogens is 1. The number of nitrogen functional groups attached to an aromatic ring is 1. The van der Waals surface area contributed by atoms with E-state index in [1.54, 1.807) is 12.4 Å². The van der Waals surface area contributed by atoms with Gasteiger partial charge in [-0.05, 0) is 28.7 Å². The molecule has 0 aliphatic rings. The van der Waals surface area contributed by atoms with Crippen molar-refractivity contribution in [2.75, 3.05) is 5.73 Å². The van der Waals surface area contributed by atoms with Gasteiger partial charge in [0.2, 0.25) is 0 Å². The number of fused-ring (bicyclic) bond motifs is 1. The second-order valence-electron chi connectivity index (χ2n) is 2.41. The zero-order valence-corrected chi connectivity index (χ0v) is 8.32. The van der Waals surface area contributed by atoms with Crippen molar-refractivity contribution >= 4 is 39.2 Å². The number of nitrogens with two attached hydrogens (primary N) is 1. The number of hydrogen-bond acceptors (Lipinski definition) is 3. The van der Waals surface area contributed by atoms with Crippen LogP contribution >= 0.6 is 22.6 Å². The Bertz CT molecular complexity index is 386. The van der Waals surface area contributed by atoms with E-state index in [-0.39, 0.29) is 0 Å². The predicted octanol–water partition coefficient (Wildman–Crippen LogP) is 1.82.